The van der Waals surface area contributed by atoms with Crippen molar-refractivity contribution in [1.29, 1.82) is 0 Å². The van der Waals surface area contributed by atoms with Crippen LogP contribution in [-0.4, -0.2) is 12.0 Å². The normalized spacial score (nSPS) is 10.2. The van der Waals surface area contributed by atoms with E-state index in [1.165, 1.54) is 12.1 Å². The summed E-state index contributed by atoms with van der Waals surface area (Å²) in [7, 11) is 1.66. The van der Waals surface area contributed by atoms with Crippen molar-refractivity contribution in [1.82, 2.24) is 0 Å². The van der Waals surface area contributed by atoms with E-state index in [1.807, 2.05) is 30.3 Å². The van der Waals surface area contributed by atoms with Crippen molar-refractivity contribution >= 4 is 11.4 Å². The number of hydrogen-bond acceptors (Lipinski definition) is 4. The van der Waals surface area contributed by atoms with E-state index in [1.54, 1.807) is 13.2 Å². The maximum atomic E-state index is 10.7. The first kappa shape index (κ1) is 14.0. The van der Waals surface area contributed by atoms with E-state index in [0.717, 1.165) is 16.8 Å². The highest BCUT2D eigenvalue weighted by Crippen LogP contribution is 2.18. The smallest absolute Gasteiger partial charge is 0.271 e. The molecule has 1 N–H and O–H groups in total. The van der Waals surface area contributed by atoms with Gasteiger partial charge in [0.25, 0.3) is 5.69 Å². The Morgan fingerprint density at radius 2 is 1.90 bits per heavy atom. The van der Waals surface area contributed by atoms with Crippen LogP contribution in [0, 0.1) is 10.1 Å². The van der Waals surface area contributed by atoms with E-state index in [9.17, 15) is 10.1 Å². The Hall–Kier alpha value is -2.40. The fourth-order valence-corrected chi connectivity index (χ4v) is 1.95. The van der Waals surface area contributed by atoms with Crippen molar-refractivity contribution < 1.29 is 9.66 Å². The number of methoxy groups -OCH3 is 1. The number of nitrogens with one attached hydrogen (secondary N) is 1. The first-order valence-corrected chi connectivity index (χ1v) is 6.25. The summed E-state index contributed by atoms with van der Waals surface area (Å²) >= 11 is 0. The second-order valence-corrected chi connectivity index (χ2v) is 4.36. The molecule has 0 amide bonds. The fraction of sp³-hybridized carbons (Fsp3) is 0.200. The Labute approximate surface area is 117 Å². The van der Waals surface area contributed by atoms with Crippen molar-refractivity contribution in [3.8, 4) is 0 Å². The average molecular weight is 272 g/mol. The molecule has 0 heterocycles. The van der Waals surface area contributed by atoms with Gasteiger partial charge < -0.3 is 10.1 Å². The lowest BCUT2D eigenvalue weighted by atomic mass is 10.1. The third kappa shape index (κ3) is 3.55. The number of anilines is 1. The van der Waals surface area contributed by atoms with Crippen LogP contribution in [0.25, 0.3) is 0 Å². The molecule has 104 valence electrons. The lowest BCUT2D eigenvalue weighted by Gasteiger charge is -2.10. The highest BCUT2D eigenvalue weighted by atomic mass is 16.6. The van der Waals surface area contributed by atoms with Crippen LogP contribution in [0.15, 0.2) is 48.5 Å². The third-order valence-corrected chi connectivity index (χ3v) is 2.96. The summed E-state index contributed by atoms with van der Waals surface area (Å²) in [6.07, 6.45) is 0. The van der Waals surface area contributed by atoms with Gasteiger partial charge in [-0.2, -0.15) is 0 Å². The van der Waals surface area contributed by atoms with Gasteiger partial charge in [0.2, 0.25) is 0 Å². The van der Waals surface area contributed by atoms with Crippen LogP contribution in [0.5, 0.6) is 0 Å². The largest absolute Gasteiger partial charge is 0.381 e. The fourth-order valence-electron chi connectivity index (χ4n) is 1.95. The van der Waals surface area contributed by atoms with E-state index in [2.05, 4.69) is 5.32 Å². The van der Waals surface area contributed by atoms with E-state index in [4.69, 9.17) is 4.74 Å². The molecule has 2 aromatic carbocycles. The molecule has 0 saturated carbocycles. The molecule has 5 nitrogen and oxygen atoms in total. The Bertz CT molecular complexity index is 599. The van der Waals surface area contributed by atoms with Gasteiger partial charge in [-0.3, -0.25) is 10.1 Å². The van der Waals surface area contributed by atoms with Gasteiger partial charge in [-0.15, -0.1) is 0 Å². The molecule has 0 bridgehead atoms. The zero-order valence-corrected chi connectivity index (χ0v) is 11.2. The quantitative estimate of drug-likeness (QED) is 0.647. The Balaban J connectivity index is 2.09. The number of hydrogen-bond donors (Lipinski definition) is 1. The maximum absolute atomic E-state index is 10.7. The Kier molecular flexibility index (Phi) is 4.68. The van der Waals surface area contributed by atoms with E-state index < -0.39 is 4.92 Å². The summed E-state index contributed by atoms with van der Waals surface area (Å²) < 4.78 is 5.15. The average Bonchev–Trinajstić information content (AvgIpc) is 2.47. The topological polar surface area (TPSA) is 64.4 Å². The van der Waals surface area contributed by atoms with Gasteiger partial charge in [-0.1, -0.05) is 30.3 Å². The van der Waals surface area contributed by atoms with Crippen LogP contribution in [0.3, 0.4) is 0 Å². The molecule has 0 atom stereocenters. The number of nitrogens with zero attached hydrogens (tertiary/aromatic N) is 1. The summed E-state index contributed by atoms with van der Waals surface area (Å²) in [5, 5.41) is 13.9. The molecule has 0 spiro atoms. The number of nitro benzene ring substituents is 1. The van der Waals surface area contributed by atoms with Crippen molar-refractivity contribution in [2.45, 2.75) is 13.2 Å². The van der Waals surface area contributed by atoms with Gasteiger partial charge in [0.15, 0.2) is 0 Å². The number of ether oxygens (including phenoxy) is 1. The standard InChI is InChI=1S/C15H16N2O3/c1-20-11-13-6-3-2-5-12(13)10-16-14-7-4-8-15(9-14)17(18)19/h2-9,16H,10-11H2,1H3. The minimum atomic E-state index is -0.399. The number of benzene rings is 2. The van der Waals surface area contributed by atoms with Gasteiger partial charge in [0.05, 0.1) is 11.5 Å². The highest BCUT2D eigenvalue weighted by molar-refractivity contribution is 5.51. The van der Waals surface area contributed by atoms with Crippen molar-refractivity contribution in [2.24, 2.45) is 0 Å². The van der Waals surface area contributed by atoms with E-state index in [0.29, 0.717) is 13.2 Å². The summed E-state index contributed by atoms with van der Waals surface area (Å²) in [5.41, 5.74) is 3.03. The van der Waals surface area contributed by atoms with Crippen LogP contribution < -0.4 is 5.32 Å². The van der Waals surface area contributed by atoms with Gasteiger partial charge in [-0.05, 0) is 17.2 Å². The second kappa shape index (κ2) is 6.68. The zero-order chi connectivity index (χ0) is 14.4. The molecular weight excluding hydrogens is 256 g/mol. The first-order chi connectivity index (χ1) is 9.70. The lowest BCUT2D eigenvalue weighted by Crippen LogP contribution is -2.03. The SMILES string of the molecule is COCc1ccccc1CNc1cccc([N+](=O)[O-])c1. The summed E-state index contributed by atoms with van der Waals surface area (Å²) in [4.78, 5) is 10.3. The van der Waals surface area contributed by atoms with Gasteiger partial charge >= 0.3 is 0 Å². The van der Waals surface area contributed by atoms with Crippen molar-refractivity contribution in [3.63, 3.8) is 0 Å². The molecular formula is C15H16N2O3. The molecule has 0 saturated heterocycles. The number of nitro groups is 1. The van der Waals surface area contributed by atoms with Crippen LogP contribution >= 0.6 is 0 Å². The molecule has 2 aromatic rings. The van der Waals surface area contributed by atoms with Crippen molar-refractivity contribution in [2.75, 3.05) is 12.4 Å². The van der Waals surface area contributed by atoms with Gasteiger partial charge in [-0.25, -0.2) is 0 Å². The highest BCUT2D eigenvalue weighted by Gasteiger charge is 2.06. The monoisotopic (exact) mass is 272 g/mol. The van der Waals surface area contributed by atoms with E-state index >= 15 is 0 Å². The number of rotatable bonds is 6. The lowest BCUT2D eigenvalue weighted by molar-refractivity contribution is -0.384. The number of non-ortho nitro benzene ring substituents is 1. The minimum absolute atomic E-state index is 0.0835. The molecule has 0 aromatic heterocycles. The molecule has 0 radical (unpaired) electrons. The summed E-state index contributed by atoms with van der Waals surface area (Å²) in [6.45, 7) is 1.15. The zero-order valence-electron chi connectivity index (χ0n) is 11.2. The van der Waals surface area contributed by atoms with Crippen LogP contribution in [0.1, 0.15) is 11.1 Å². The molecule has 2 rings (SSSR count). The minimum Gasteiger partial charge on any atom is -0.381 e. The molecule has 0 aliphatic heterocycles. The molecule has 5 heteroatoms. The first-order valence-electron chi connectivity index (χ1n) is 6.25. The molecule has 20 heavy (non-hydrogen) atoms. The molecule has 0 unspecified atom stereocenters. The van der Waals surface area contributed by atoms with Gasteiger partial charge in [0, 0.05) is 31.5 Å². The van der Waals surface area contributed by atoms with Crippen LogP contribution in [-0.2, 0) is 17.9 Å². The third-order valence-electron chi connectivity index (χ3n) is 2.96. The Morgan fingerprint density at radius 1 is 1.15 bits per heavy atom. The Morgan fingerprint density at radius 3 is 2.60 bits per heavy atom. The molecule has 0 aliphatic rings. The molecule has 0 aliphatic carbocycles. The summed E-state index contributed by atoms with van der Waals surface area (Å²) in [5.74, 6) is 0. The predicted octanol–water partition coefficient (Wildman–Crippen LogP) is 3.35. The maximum Gasteiger partial charge on any atom is 0.271 e. The summed E-state index contributed by atoms with van der Waals surface area (Å²) in [6, 6.07) is 14.4. The second-order valence-electron chi connectivity index (χ2n) is 4.36. The predicted molar refractivity (Wildman–Crippen MR) is 77.6 cm³/mol. The van der Waals surface area contributed by atoms with E-state index in [-0.39, 0.29) is 5.69 Å². The van der Waals surface area contributed by atoms with Crippen LogP contribution in [0.2, 0.25) is 0 Å². The van der Waals surface area contributed by atoms with Crippen LogP contribution in [0.4, 0.5) is 11.4 Å². The van der Waals surface area contributed by atoms with Crippen molar-refractivity contribution in [3.05, 3.63) is 69.8 Å². The molecule has 0 fully saturated rings. The van der Waals surface area contributed by atoms with Gasteiger partial charge in [0.1, 0.15) is 0 Å².